The SMILES string of the molecule is Cc1cccc([C@H]2c3cc(O[C@@H](C)C(=O)N4CCOCC4)ccc3CCN2C(=O)c2ccccc2)c1. The second-order valence-corrected chi connectivity index (χ2v) is 9.49. The minimum Gasteiger partial charge on any atom is -0.481 e. The van der Waals surface area contributed by atoms with Gasteiger partial charge in [0, 0.05) is 25.2 Å². The van der Waals surface area contributed by atoms with Crippen LogP contribution in [0.15, 0.2) is 72.8 Å². The zero-order chi connectivity index (χ0) is 25.1. The number of carbonyl (C=O) groups is 2. The van der Waals surface area contributed by atoms with E-state index in [1.165, 1.54) is 5.56 Å². The van der Waals surface area contributed by atoms with Crippen LogP contribution in [0.1, 0.15) is 45.6 Å². The van der Waals surface area contributed by atoms with Crippen LogP contribution in [0.4, 0.5) is 0 Å². The highest BCUT2D eigenvalue weighted by Gasteiger charge is 2.33. The van der Waals surface area contributed by atoms with Gasteiger partial charge in [0.25, 0.3) is 11.8 Å². The van der Waals surface area contributed by atoms with E-state index in [0.717, 1.165) is 23.1 Å². The number of morpholine rings is 1. The van der Waals surface area contributed by atoms with E-state index in [-0.39, 0.29) is 17.9 Å². The molecule has 6 nitrogen and oxygen atoms in total. The molecule has 3 aromatic carbocycles. The number of hydrogen-bond acceptors (Lipinski definition) is 4. The summed E-state index contributed by atoms with van der Waals surface area (Å²) in [7, 11) is 0. The molecule has 1 saturated heterocycles. The first-order chi connectivity index (χ1) is 17.5. The number of benzene rings is 3. The highest BCUT2D eigenvalue weighted by Crippen LogP contribution is 2.38. The summed E-state index contributed by atoms with van der Waals surface area (Å²) in [4.78, 5) is 30.3. The van der Waals surface area contributed by atoms with E-state index in [4.69, 9.17) is 9.47 Å². The lowest BCUT2D eigenvalue weighted by Crippen LogP contribution is -2.46. The Balaban J connectivity index is 1.47. The van der Waals surface area contributed by atoms with Gasteiger partial charge in [0.2, 0.25) is 0 Å². The Morgan fingerprint density at radius 2 is 1.72 bits per heavy atom. The molecule has 2 amide bonds. The van der Waals surface area contributed by atoms with E-state index < -0.39 is 6.10 Å². The minimum atomic E-state index is -0.607. The second kappa shape index (κ2) is 10.5. The topological polar surface area (TPSA) is 59.1 Å². The Hall–Kier alpha value is -3.64. The van der Waals surface area contributed by atoms with Crippen molar-refractivity contribution in [3.63, 3.8) is 0 Å². The molecule has 2 aliphatic heterocycles. The summed E-state index contributed by atoms with van der Waals surface area (Å²) in [6, 6.07) is 23.5. The van der Waals surface area contributed by atoms with Crippen LogP contribution in [-0.2, 0) is 16.0 Å². The van der Waals surface area contributed by atoms with Crippen LogP contribution in [0, 0.1) is 6.92 Å². The summed E-state index contributed by atoms with van der Waals surface area (Å²) in [5, 5.41) is 0. The summed E-state index contributed by atoms with van der Waals surface area (Å²) in [6.07, 6.45) is 0.155. The normalized spacial score (nSPS) is 18.3. The second-order valence-electron chi connectivity index (χ2n) is 9.49. The number of amides is 2. The third-order valence-corrected chi connectivity index (χ3v) is 6.97. The van der Waals surface area contributed by atoms with Crippen molar-refractivity contribution in [1.29, 1.82) is 0 Å². The van der Waals surface area contributed by atoms with Crippen LogP contribution in [-0.4, -0.2) is 60.6 Å². The van der Waals surface area contributed by atoms with Crippen molar-refractivity contribution in [1.82, 2.24) is 9.80 Å². The summed E-state index contributed by atoms with van der Waals surface area (Å²) in [6.45, 7) is 6.77. The molecule has 0 bridgehead atoms. The number of aryl methyl sites for hydroxylation is 1. The van der Waals surface area contributed by atoms with Gasteiger partial charge in [0.05, 0.1) is 19.3 Å². The first-order valence-electron chi connectivity index (χ1n) is 12.6. The molecule has 0 saturated carbocycles. The van der Waals surface area contributed by atoms with E-state index in [0.29, 0.717) is 44.2 Å². The van der Waals surface area contributed by atoms with Gasteiger partial charge in [-0.25, -0.2) is 0 Å². The van der Waals surface area contributed by atoms with Crippen LogP contribution in [0.2, 0.25) is 0 Å². The third kappa shape index (κ3) is 5.00. The first kappa shape index (κ1) is 24.1. The van der Waals surface area contributed by atoms with Crippen LogP contribution >= 0.6 is 0 Å². The highest BCUT2D eigenvalue weighted by atomic mass is 16.5. The van der Waals surface area contributed by atoms with Crippen molar-refractivity contribution in [2.75, 3.05) is 32.8 Å². The van der Waals surface area contributed by atoms with Crippen LogP contribution in [0.25, 0.3) is 0 Å². The first-order valence-corrected chi connectivity index (χ1v) is 12.6. The van der Waals surface area contributed by atoms with Gasteiger partial charge in [-0.1, -0.05) is 54.1 Å². The minimum absolute atomic E-state index is 0.00920. The molecule has 0 N–H and O–H groups in total. The molecule has 2 atom stereocenters. The van der Waals surface area contributed by atoms with Gasteiger partial charge in [-0.3, -0.25) is 9.59 Å². The maximum absolute atomic E-state index is 13.6. The van der Waals surface area contributed by atoms with Gasteiger partial charge in [-0.2, -0.15) is 0 Å². The molecule has 0 unspecified atom stereocenters. The zero-order valence-electron chi connectivity index (χ0n) is 20.9. The van der Waals surface area contributed by atoms with Crippen LogP contribution < -0.4 is 4.74 Å². The fraction of sp³-hybridized carbons (Fsp3) is 0.333. The van der Waals surface area contributed by atoms with Crippen molar-refractivity contribution in [2.24, 2.45) is 0 Å². The Labute approximate surface area is 212 Å². The average Bonchev–Trinajstić information content (AvgIpc) is 2.92. The molecule has 36 heavy (non-hydrogen) atoms. The van der Waals surface area contributed by atoms with E-state index in [9.17, 15) is 9.59 Å². The summed E-state index contributed by atoms with van der Waals surface area (Å²) in [5.41, 5.74) is 5.12. The molecule has 6 heteroatoms. The van der Waals surface area contributed by atoms with Gasteiger partial charge < -0.3 is 19.3 Å². The maximum Gasteiger partial charge on any atom is 0.263 e. The van der Waals surface area contributed by atoms with Gasteiger partial charge in [-0.05, 0) is 61.2 Å². The fourth-order valence-corrected chi connectivity index (χ4v) is 5.13. The van der Waals surface area contributed by atoms with Gasteiger partial charge in [0.1, 0.15) is 5.75 Å². The lowest BCUT2D eigenvalue weighted by Gasteiger charge is -2.38. The standard InChI is InChI=1S/C30H32N2O4/c1-21-7-6-10-25(19-21)28-27-20-26(36-22(2)29(33)31-15-17-35-18-16-31)12-11-23(27)13-14-32(28)30(34)24-8-4-3-5-9-24/h3-12,19-20,22,28H,13-18H2,1-2H3/t22-,28-/m0/s1. The molecule has 0 aromatic heterocycles. The summed E-state index contributed by atoms with van der Waals surface area (Å²) in [5.74, 6) is 0.608. The van der Waals surface area contributed by atoms with Gasteiger partial charge in [0.15, 0.2) is 6.10 Å². The molecule has 3 aromatic rings. The number of carbonyl (C=O) groups excluding carboxylic acids is 2. The molecule has 5 rings (SSSR count). The van der Waals surface area contributed by atoms with Crippen LogP contribution in [0.3, 0.4) is 0 Å². The molecule has 186 valence electrons. The molecule has 0 aliphatic carbocycles. The molecule has 2 aliphatic rings. The number of nitrogens with zero attached hydrogens (tertiary/aromatic N) is 2. The predicted octanol–water partition coefficient (Wildman–Crippen LogP) is 4.41. The summed E-state index contributed by atoms with van der Waals surface area (Å²) < 4.78 is 11.5. The molecule has 2 heterocycles. The van der Waals surface area contributed by atoms with Crippen molar-refractivity contribution >= 4 is 11.8 Å². The molecule has 0 spiro atoms. The zero-order valence-corrected chi connectivity index (χ0v) is 20.9. The van der Waals surface area contributed by atoms with Crippen LogP contribution in [0.5, 0.6) is 5.75 Å². The van der Waals surface area contributed by atoms with Crippen molar-refractivity contribution in [2.45, 2.75) is 32.4 Å². The Morgan fingerprint density at radius 3 is 2.47 bits per heavy atom. The quantitative estimate of drug-likeness (QED) is 0.538. The average molecular weight is 485 g/mol. The predicted molar refractivity (Wildman–Crippen MR) is 138 cm³/mol. The van der Waals surface area contributed by atoms with E-state index in [1.54, 1.807) is 11.8 Å². The van der Waals surface area contributed by atoms with E-state index in [2.05, 4.69) is 31.2 Å². The largest absolute Gasteiger partial charge is 0.481 e. The highest BCUT2D eigenvalue weighted by molar-refractivity contribution is 5.95. The third-order valence-electron chi connectivity index (χ3n) is 6.97. The van der Waals surface area contributed by atoms with E-state index in [1.807, 2.05) is 53.4 Å². The number of hydrogen-bond donors (Lipinski definition) is 0. The molecule has 1 fully saturated rings. The number of ether oxygens (including phenoxy) is 2. The smallest absolute Gasteiger partial charge is 0.263 e. The van der Waals surface area contributed by atoms with Crippen molar-refractivity contribution in [3.8, 4) is 5.75 Å². The Kier molecular flexibility index (Phi) is 7.05. The Bertz CT molecular complexity index is 1240. The molecule has 0 radical (unpaired) electrons. The van der Waals surface area contributed by atoms with Gasteiger partial charge >= 0.3 is 0 Å². The summed E-state index contributed by atoms with van der Waals surface area (Å²) >= 11 is 0. The van der Waals surface area contributed by atoms with E-state index >= 15 is 0 Å². The lowest BCUT2D eigenvalue weighted by molar-refractivity contribution is -0.142. The maximum atomic E-state index is 13.6. The van der Waals surface area contributed by atoms with Crippen molar-refractivity contribution < 1.29 is 19.1 Å². The monoisotopic (exact) mass is 484 g/mol. The molecular weight excluding hydrogens is 452 g/mol. The van der Waals surface area contributed by atoms with Gasteiger partial charge in [-0.15, -0.1) is 0 Å². The number of fused-ring (bicyclic) bond motifs is 1. The molecular formula is C30H32N2O4. The number of rotatable bonds is 5. The lowest BCUT2D eigenvalue weighted by atomic mass is 9.87. The van der Waals surface area contributed by atoms with Crippen molar-refractivity contribution in [3.05, 3.63) is 101 Å². The fourth-order valence-electron chi connectivity index (χ4n) is 5.13. The Morgan fingerprint density at radius 1 is 0.944 bits per heavy atom.